The Hall–Kier alpha value is -0.900. The van der Waals surface area contributed by atoms with E-state index in [9.17, 15) is 9.59 Å². The van der Waals surface area contributed by atoms with Crippen molar-refractivity contribution in [3.63, 3.8) is 0 Å². The minimum atomic E-state index is -0.924. The highest BCUT2D eigenvalue weighted by Gasteiger charge is 2.53. The van der Waals surface area contributed by atoms with Gasteiger partial charge in [0, 0.05) is 6.42 Å². The number of carbonyl (C=O) groups is 2. The zero-order valence-electron chi connectivity index (χ0n) is 9.70. The van der Waals surface area contributed by atoms with E-state index >= 15 is 0 Å². The number of ether oxygens (including phenoxy) is 2. The fourth-order valence-electron chi connectivity index (χ4n) is 2.24. The lowest BCUT2D eigenvalue weighted by Crippen LogP contribution is -2.42. The van der Waals surface area contributed by atoms with Crippen LogP contribution in [0.5, 0.6) is 0 Å². The predicted molar refractivity (Wildman–Crippen MR) is 54.4 cm³/mol. The van der Waals surface area contributed by atoms with Crippen molar-refractivity contribution >= 4 is 12.3 Å². The molecule has 0 aromatic heterocycles. The summed E-state index contributed by atoms with van der Waals surface area (Å²) < 4.78 is 10.5. The second-order valence-electron chi connectivity index (χ2n) is 4.63. The van der Waals surface area contributed by atoms with Gasteiger partial charge in [0.1, 0.15) is 6.29 Å². The Labute approximate surface area is 89.9 Å². The van der Waals surface area contributed by atoms with Crippen LogP contribution in [-0.2, 0) is 19.1 Å². The average molecular weight is 214 g/mol. The molecular weight excluding hydrogens is 196 g/mol. The fraction of sp³-hybridized carbons (Fsp3) is 0.818. The Kier molecular flexibility index (Phi) is 3.19. The van der Waals surface area contributed by atoms with E-state index in [1.54, 1.807) is 6.92 Å². The van der Waals surface area contributed by atoms with Crippen molar-refractivity contribution in [2.24, 2.45) is 5.92 Å². The molecule has 1 rings (SSSR count). The lowest BCUT2D eigenvalue weighted by Gasteiger charge is -2.28. The van der Waals surface area contributed by atoms with Gasteiger partial charge in [-0.2, -0.15) is 0 Å². The third kappa shape index (κ3) is 2.04. The molecule has 1 saturated heterocycles. The van der Waals surface area contributed by atoms with Crippen LogP contribution in [0.1, 0.15) is 33.6 Å². The molecule has 0 aromatic carbocycles. The molecule has 1 heterocycles. The van der Waals surface area contributed by atoms with Crippen LogP contribution >= 0.6 is 0 Å². The topological polar surface area (TPSA) is 52.6 Å². The van der Waals surface area contributed by atoms with Crippen molar-refractivity contribution in [2.75, 3.05) is 7.11 Å². The number of esters is 1. The highest BCUT2D eigenvalue weighted by molar-refractivity contribution is 5.80. The van der Waals surface area contributed by atoms with Crippen molar-refractivity contribution in [1.29, 1.82) is 0 Å². The zero-order chi connectivity index (χ0) is 11.7. The third-order valence-electron chi connectivity index (χ3n) is 3.24. The Balaban J connectivity index is 2.87. The van der Waals surface area contributed by atoms with Gasteiger partial charge in [0.25, 0.3) is 0 Å². The van der Waals surface area contributed by atoms with Crippen LogP contribution in [0.3, 0.4) is 0 Å². The Morgan fingerprint density at radius 1 is 1.60 bits per heavy atom. The summed E-state index contributed by atoms with van der Waals surface area (Å²) in [6, 6.07) is 0. The van der Waals surface area contributed by atoms with Gasteiger partial charge in [-0.3, -0.25) is 0 Å². The van der Waals surface area contributed by atoms with Crippen molar-refractivity contribution in [1.82, 2.24) is 0 Å². The Morgan fingerprint density at radius 2 is 2.20 bits per heavy atom. The van der Waals surface area contributed by atoms with Gasteiger partial charge >= 0.3 is 5.97 Å². The quantitative estimate of drug-likeness (QED) is 0.525. The van der Waals surface area contributed by atoms with E-state index in [1.807, 2.05) is 13.8 Å². The standard InChI is InChI=1S/C11H18O4/c1-8-7-10(2,5-6-12)15-11(8,3)9(13)14-4/h6,8H,5,7H2,1-4H3/t8-,10+,11+/m1/s1. The van der Waals surface area contributed by atoms with Gasteiger partial charge in [0.05, 0.1) is 12.7 Å². The first kappa shape index (κ1) is 12.2. The molecule has 1 fully saturated rings. The molecule has 0 bridgehead atoms. The molecular formula is C11H18O4. The molecule has 0 unspecified atom stereocenters. The molecule has 86 valence electrons. The molecule has 1 aliphatic heterocycles. The summed E-state index contributed by atoms with van der Waals surface area (Å²) in [5, 5.41) is 0. The fourth-order valence-corrected chi connectivity index (χ4v) is 2.24. The lowest BCUT2D eigenvalue weighted by molar-refractivity contribution is -0.176. The first-order chi connectivity index (χ1) is 6.88. The number of aldehydes is 1. The van der Waals surface area contributed by atoms with Crippen LogP contribution in [-0.4, -0.2) is 30.6 Å². The van der Waals surface area contributed by atoms with Gasteiger partial charge in [-0.25, -0.2) is 4.79 Å². The van der Waals surface area contributed by atoms with E-state index in [2.05, 4.69) is 0 Å². The number of methoxy groups -OCH3 is 1. The third-order valence-corrected chi connectivity index (χ3v) is 3.24. The molecule has 4 nitrogen and oxygen atoms in total. The highest BCUT2D eigenvalue weighted by Crippen LogP contribution is 2.44. The highest BCUT2D eigenvalue weighted by atomic mass is 16.6. The van der Waals surface area contributed by atoms with Crippen molar-refractivity contribution in [3.05, 3.63) is 0 Å². The second kappa shape index (κ2) is 3.93. The van der Waals surface area contributed by atoms with Crippen molar-refractivity contribution < 1.29 is 19.1 Å². The molecule has 0 spiro atoms. The summed E-state index contributed by atoms with van der Waals surface area (Å²) in [5.41, 5.74) is -1.46. The van der Waals surface area contributed by atoms with E-state index < -0.39 is 11.2 Å². The van der Waals surface area contributed by atoms with Gasteiger partial charge in [-0.1, -0.05) is 6.92 Å². The molecule has 1 aliphatic rings. The van der Waals surface area contributed by atoms with E-state index in [0.29, 0.717) is 12.8 Å². The van der Waals surface area contributed by atoms with Gasteiger partial charge < -0.3 is 14.3 Å². The normalized spacial score (nSPS) is 40.1. The van der Waals surface area contributed by atoms with Crippen LogP contribution in [0.15, 0.2) is 0 Å². The molecule has 0 aromatic rings. The summed E-state index contributed by atoms with van der Waals surface area (Å²) in [7, 11) is 1.35. The van der Waals surface area contributed by atoms with E-state index in [1.165, 1.54) is 7.11 Å². The maximum absolute atomic E-state index is 11.6. The van der Waals surface area contributed by atoms with Crippen molar-refractivity contribution in [2.45, 2.75) is 44.8 Å². The van der Waals surface area contributed by atoms with E-state index in [0.717, 1.165) is 6.29 Å². The molecule has 0 radical (unpaired) electrons. The molecule has 0 amide bonds. The largest absolute Gasteiger partial charge is 0.467 e. The summed E-state index contributed by atoms with van der Waals surface area (Å²) in [6.07, 6.45) is 1.83. The molecule has 0 saturated carbocycles. The van der Waals surface area contributed by atoms with E-state index in [4.69, 9.17) is 9.47 Å². The first-order valence-corrected chi connectivity index (χ1v) is 5.10. The number of rotatable bonds is 3. The van der Waals surface area contributed by atoms with Crippen LogP contribution in [0.2, 0.25) is 0 Å². The van der Waals surface area contributed by atoms with Gasteiger partial charge in [0.15, 0.2) is 5.60 Å². The van der Waals surface area contributed by atoms with Gasteiger partial charge in [-0.05, 0) is 26.2 Å². The van der Waals surface area contributed by atoms with Crippen LogP contribution in [0.25, 0.3) is 0 Å². The summed E-state index contributed by atoms with van der Waals surface area (Å²) in [5.74, 6) is -0.320. The Morgan fingerprint density at radius 3 is 2.67 bits per heavy atom. The summed E-state index contributed by atoms with van der Waals surface area (Å²) >= 11 is 0. The van der Waals surface area contributed by atoms with Crippen LogP contribution in [0.4, 0.5) is 0 Å². The summed E-state index contributed by atoms with van der Waals surface area (Å²) in [6.45, 7) is 5.51. The monoisotopic (exact) mass is 214 g/mol. The SMILES string of the molecule is COC(=O)[C@@]1(C)O[C@@](C)(CC=O)C[C@H]1C. The minimum Gasteiger partial charge on any atom is -0.467 e. The first-order valence-electron chi connectivity index (χ1n) is 5.10. The minimum absolute atomic E-state index is 0.0508. The molecule has 4 heteroatoms. The smallest absolute Gasteiger partial charge is 0.338 e. The van der Waals surface area contributed by atoms with Gasteiger partial charge in [-0.15, -0.1) is 0 Å². The molecule has 0 N–H and O–H groups in total. The number of hydrogen-bond acceptors (Lipinski definition) is 4. The Bertz CT molecular complexity index is 276. The predicted octanol–water partition coefficient (Wildman–Crippen LogP) is 1.32. The second-order valence-corrected chi connectivity index (χ2v) is 4.63. The average Bonchev–Trinajstić information content (AvgIpc) is 2.37. The lowest BCUT2D eigenvalue weighted by atomic mass is 9.86. The van der Waals surface area contributed by atoms with Crippen molar-refractivity contribution in [3.8, 4) is 0 Å². The number of carbonyl (C=O) groups excluding carboxylic acids is 2. The molecule has 0 aliphatic carbocycles. The van der Waals surface area contributed by atoms with E-state index in [-0.39, 0.29) is 11.9 Å². The molecule has 15 heavy (non-hydrogen) atoms. The molecule has 3 atom stereocenters. The van der Waals surface area contributed by atoms with Gasteiger partial charge in [0.2, 0.25) is 0 Å². The van der Waals surface area contributed by atoms with Crippen LogP contribution < -0.4 is 0 Å². The maximum atomic E-state index is 11.6. The summed E-state index contributed by atoms with van der Waals surface area (Å²) in [4.78, 5) is 22.1. The number of hydrogen-bond donors (Lipinski definition) is 0. The maximum Gasteiger partial charge on any atom is 0.338 e. The zero-order valence-corrected chi connectivity index (χ0v) is 9.70. The van der Waals surface area contributed by atoms with Crippen LogP contribution in [0, 0.1) is 5.92 Å².